The molecule has 1 saturated heterocycles. The number of likely N-dealkylation sites (N-methyl/N-ethyl adjacent to an activating group) is 1. The molecule has 2 aromatic rings. The smallest absolute Gasteiger partial charge is 0.412 e. The number of benzene rings is 2. The van der Waals surface area contributed by atoms with Gasteiger partial charge in [0.1, 0.15) is 18.9 Å². The number of aliphatic hydroxyl groups excluding tert-OH is 1. The molecule has 6 heteroatoms. The SMILES string of the molecule is CCCCC(c1ccccc1)N(CC)C(=O)[C@@H]1CCC(O)N1C(=O)OCc1ccccc1. The van der Waals surface area contributed by atoms with Gasteiger partial charge in [-0.1, -0.05) is 80.4 Å². The molecule has 32 heavy (non-hydrogen) atoms. The highest BCUT2D eigenvalue weighted by Crippen LogP contribution is 2.31. The topological polar surface area (TPSA) is 70.1 Å². The number of hydrogen-bond acceptors (Lipinski definition) is 4. The predicted molar refractivity (Wildman–Crippen MR) is 124 cm³/mol. The number of likely N-dealkylation sites (tertiary alicyclic amines) is 1. The fourth-order valence-electron chi connectivity index (χ4n) is 4.37. The van der Waals surface area contributed by atoms with E-state index in [9.17, 15) is 14.7 Å². The van der Waals surface area contributed by atoms with Crippen LogP contribution in [0.5, 0.6) is 0 Å². The van der Waals surface area contributed by atoms with Gasteiger partial charge < -0.3 is 14.7 Å². The third-order valence-electron chi connectivity index (χ3n) is 6.07. The molecular weight excluding hydrogens is 404 g/mol. The van der Waals surface area contributed by atoms with Gasteiger partial charge in [0, 0.05) is 6.54 Å². The van der Waals surface area contributed by atoms with Crippen molar-refractivity contribution in [3.63, 3.8) is 0 Å². The van der Waals surface area contributed by atoms with Crippen LogP contribution in [-0.4, -0.2) is 45.7 Å². The van der Waals surface area contributed by atoms with E-state index in [4.69, 9.17) is 4.74 Å². The van der Waals surface area contributed by atoms with Gasteiger partial charge in [-0.15, -0.1) is 0 Å². The fraction of sp³-hybridized carbons (Fsp3) is 0.462. The molecule has 1 aliphatic rings. The van der Waals surface area contributed by atoms with E-state index >= 15 is 0 Å². The third-order valence-corrected chi connectivity index (χ3v) is 6.07. The largest absolute Gasteiger partial charge is 0.444 e. The second-order valence-electron chi connectivity index (χ2n) is 8.21. The molecule has 0 aromatic heterocycles. The lowest BCUT2D eigenvalue weighted by atomic mass is 9.98. The van der Waals surface area contributed by atoms with Gasteiger partial charge in [-0.3, -0.25) is 9.69 Å². The lowest BCUT2D eigenvalue weighted by Gasteiger charge is -2.36. The minimum atomic E-state index is -1.02. The lowest BCUT2D eigenvalue weighted by molar-refractivity contribution is -0.140. The van der Waals surface area contributed by atoms with Gasteiger partial charge in [-0.25, -0.2) is 4.79 Å². The highest BCUT2D eigenvalue weighted by atomic mass is 16.6. The van der Waals surface area contributed by atoms with Gasteiger partial charge in [0.25, 0.3) is 0 Å². The van der Waals surface area contributed by atoms with Crippen LogP contribution in [0.3, 0.4) is 0 Å². The number of aliphatic hydroxyl groups is 1. The van der Waals surface area contributed by atoms with E-state index in [1.807, 2.05) is 72.5 Å². The summed E-state index contributed by atoms with van der Waals surface area (Å²) >= 11 is 0. The average Bonchev–Trinajstić information content (AvgIpc) is 3.22. The average molecular weight is 439 g/mol. The molecule has 0 saturated carbocycles. The Morgan fingerprint density at radius 3 is 2.34 bits per heavy atom. The van der Waals surface area contributed by atoms with Crippen LogP contribution in [-0.2, 0) is 16.1 Å². The summed E-state index contributed by atoms with van der Waals surface area (Å²) in [5.41, 5.74) is 1.95. The van der Waals surface area contributed by atoms with Crippen LogP contribution in [0.15, 0.2) is 60.7 Å². The summed E-state index contributed by atoms with van der Waals surface area (Å²) in [6, 6.07) is 18.6. The summed E-state index contributed by atoms with van der Waals surface area (Å²) in [5.74, 6) is -0.134. The number of unbranched alkanes of at least 4 members (excludes halogenated alkanes) is 1. The number of hydrogen-bond donors (Lipinski definition) is 1. The van der Waals surface area contributed by atoms with Crippen molar-refractivity contribution in [1.82, 2.24) is 9.80 Å². The zero-order valence-electron chi connectivity index (χ0n) is 19.0. The van der Waals surface area contributed by atoms with Gasteiger partial charge >= 0.3 is 6.09 Å². The maximum Gasteiger partial charge on any atom is 0.412 e. The van der Waals surface area contributed by atoms with Gasteiger partial charge in [0.2, 0.25) is 5.91 Å². The van der Waals surface area contributed by atoms with Crippen molar-refractivity contribution in [3.8, 4) is 0 Å². The molecule has 2 unspecified atom stereocenters. The summed E-state index contributed by atoms with van der Waals surface area (Å²) in [4.78, 5) is 29.6. The van der Waals surface area contributed by atoms with E-state index in [-0.39, 0.29) is 18.6 Å². The second-order valence-corrected chi connectivity index (χ2v) is 8.21. The van der Waals surface area contributed by atoms with Crippen LogP contribution >= 0.6 is 0 Å². The molecule has 0 radical (unpaired) electrons. The standard InChI is InChI=1S/C26H34N2O4/c1-3-5-16-22(21-14-10-7-11-15-21)27(4-2)25(30)23-17-18-24(29)28(23)26(31)32-19-20-12-8-6-9-13-20/h6-15,22-24,29H,3-5,16-19H2,1-2H3/t22?,23-,24?/m0/s1. The van der Waals surface area contributed by atoms with Crippen LogP contribution in [0.4, 0.5) is 4.79 Å². The first-order valence-electron chi connectivity index (χ1n) is 11.6. The molecule has 0 spiro atoms. The number of ether oxygens (including phenoxy) is 1. The number of nitrogens with zero attached hydrogens (tertiary/aromatic N) is 2. The van der Waals surface area contributed by atoms with Crippen molar-refractivity contribution < 1.29 is 19.4 Å². The first-order valence-corrected chi connectivity index (χ1v) is 11.6. The van der Waals surface area contributed by atoms with Gasteiger partial charge in [0.15, 0.2) is 0 Å². The van der Waals surface area contributed by atoms with Crippen molar-refractivity contribution >= 4 is 12.0 Å². The molecule has 3 atom stereocenters. The Morgan fingerprint density at radius 1 is 1.06 bits per heavy atom. The number of rotatable bonds is 9. The molecule has 2 amide bonds. The quantitative estimate of drug-likeness (QED) is 0.605. The van der Waals surface area contributed by atoms with Crippen LogP contribution in [0.25, 0.3) is 0 Å². The molecule has 1 fully saturated rings. The molecule has 1 N–H and O–H groups in total. The van der Waals surface area contributed by atoms with Crippen LogP contribution < -0.4 is 0 Å². The maximum absolute atomic E-state index is 13.7. The molecule has 2 aromatic carbocycles. The highest BCUT2D eigenvalue weighted by Gasteiger charge is 2.43. The zero-order chi connectivity index (χ0) is 22.9. The van der Waals surface area contributed by atoms with E-state index < -0.39 is 18.4 Å². The molecule has 1 aliphatic heterocycles. The Bertz CT molecular complexity index is 859. The van der Waals surface area contributed by atoms with E-state index in [2.05, 4.69) is 6.92 Å². The lowest BCUT2D eigenvalue weighted by Crippen LogP contribution is -2.51. The molecule has 0 bridgehead atoms. The Balaban J connectivity index is 1.76. The summed E-state index contributed by atoms with van der Waals surface area (Å²) < 4.78 is 5.44. The van der Waals surface area contributed by atoms with Crippen LogP contribution in [0, 0.1) is 0 Å². The molecule has 3 rings (SSSR count). The van der Waals surface area contributed by atoms with Crippen molar-refractivity contribution in [2.75, 3.05) is 6.54 Å². The minimum Gasteiger partial charge on any atom is -0.444 e. The van der Waals surface area contributed by atoms with Gasteiger partial charge in [0.05, 0.1) is 6.04 Å². The first kappa shape index (κ1) is 23.8. The van der Waals surface area contributed by atoms with E-state index in [1.165, 1.54) is 4.90 Å². The predicted octanol–water partition coefficient (Wildman–Crippen LogP) is 4.89. The summed E-state index contributed by atoms with van der Waals surface area (Å²) in [5, 5.41) is 10.5. The maximum atomic E-state index is 13.7. The van der Waals surface area contributed by atoms with E-state index in [0.29, 0.717) is 19.4 Å². The Hall–Kier alpha value is -2.86. The van der Waals surface area contributed by atoms with Crippen molar-refractivity contribution in [3.05, 3.63) is 71.8 Å². The Morgan fingerprint density at radius 2 is 1.72 bits per heavy atom. The normalized spacial score (nSPS) is 18.9. The molecule has 0 aliphatic carbocycles. The molecule has 1 heterocycles. The fourth-order valence-corrected chi connectivity index (χ4v) is 4.37. The number of carbonyl (C=O) groups is 2. The second kappa shape index (κ2) is 11.7. The molecule has 172 valence electrons. The minimum absolute atomic E-state index is 0.0615. The van der Waals surface area contributed by atoms with E-state index in [0.717, 1.165) is 30.4 Å². The van der Waals surface area contributed by atoms with Crippen LogP contribution in [0.2, 0.25) is 0 Å². The Kier molecular flexibility index (Phi) is 8.68. The van der Waals surface area contributed by atoms with Crippen molar-refractivity contribution in [1.29, 1.82) is 0 Å². The first-order chi connectivity index (χ1) is 15.6. The molecular formula is C26H34N2O4. The number of amides is 2. The third kappa shape index (κ3) is 5.68. The summed E-state index contributed by atoms with van der Waals surface area (Å²) in [7, 11) is 0. The van der Waals surface area contributed by atoms with Crippen molar-refractivity contribution in [2.24, 2.45) is 0 Å². The monoisotopic (exact) mass is 438 g/mol. The van der Waals surface area contributed by atoms with Crippen LogP contribution in [0.1, 0.15) is 63.1 Å². The summed E-state index contributed by atoms with van der Waals surface area (Å²) in [6.45, 7) is 4.73. The Labute approximate surface area is 190 Å². The zero-order valence-corrected chi connectivity index (χ0v) is 19.0. The van der Waals surface area contributed by atoms with Gasteiger partial charge in [-0.05, 0) is 37.3 Å². The van der Waals surface area contributed by atoms with Gasteiger partial charge in [-0.2, -0.15) is 0 Å². The molecule has 6 nitrogen and oxygen atoms in total. The van der Waals surface area contributed by atoms with Crippen molar-refractivity contribution in [2.45, 2.75) is 70.9 Å². The summed E-state index contributed by atoms with van der Waals surface area (Å²) in [6.07, 6.45) is 2.00. The highest BCUT2D eigenvalue weighted by molar-refractivity contribution is 5.86. The number of carbonyl (C=O) groups excluding carboxylic acids is 2. The van der Waals surface area contributed by atoms with E-state index in [1.54, 1.807) is 0 Å².